The maximum atomic E-state index is 12.3. The van der Waals surface area contributed by atoms with Gasteiger partial charge in [0.05, 0.1) is 0 Å². The van der Waals surface area contributed by atoms with Crippen LogP contribution in [0.4, 0.5) is 0 Å². The first-order chi connectivity index (χ1) is 8.95. The molecule has 3 unspecified atom stereocenters. The second-order valence-corrected chi connectivity index (χ2v) is 6.89. The molecule has 19 heavy (non-hydrogen) atoms. The summed E-state index contributed by atoms with van der Waals surface area (Å²) in [4.78, 5) is 14.8. The van der Waals surface area contributed by atoms with E-state index in [0.717, 1.165) is 19.5 Å². The second kappa shape index (κ2) is 8.04. The van der Waals surface area contributed by atoms with Crippen LogP contribution in [-0.2, 0) is 4.79 Å². The normalized spacial score (nSPS) is 28.4. The van der Waals surface area contributed by atoms with Gasteiger partial charge in [0.25, 0.3) is 0 Å². The molecule has 0 spiro atoms. The zero-order valence-corrected chi connectivity index (χ0v) is 13.6. The van der Waals surface area contributed by atoms with Crippen LogP contribution in [-0.4, -0.2) is 29.8 Å². The molecule has 2 heteroatoms. The Morgan fingerprint density at radius 1 is 1.26 bits per heavy atom. The Kier molecular flexibility index (Phi) is 7.06. The maximum absolute atomic E-state index is 12.3. The highest BCUT2D eigenvalue weighted by Crippen LogP contribution is 2.31. The Bertz CT molecular complexity index is 274. The van der Waals surface area contributed by atoms with Crippen molar-refractivity contribution < 1.29 is 4.79 Å². The maximum Gasteiger partial charge on any atom is 0.137 e. The number of nitrogens with zero attached hydrogens (tertiary/aromatic N) is 1. The SMILES string of the molecule is CCCCCN(CC1C(=O)CC(C)CC1C)C(C)C. The summed E-state index contributed by atoms with van der Waals surface area (Å²) in [5, 5.41) is 0. The fraction of sp³-hybridized carbons (Fsp3) is 0.941. The number of hydrogen-bond acceptors (Lipinski definition) is 2. The summed E-state index contributed by atoms with van der Waals surface area (Å²) >= 11 is 0. The third-order valence-electron chi connectivity index (χ3n) is 4.63. The van der Waals surface area contributed by atoms with Crippen LogP contribution in [0.3, 0.4) is 0 Å². The van der Waals surface area contributed by atoms with Crippen LogP contribution < -0.4 is 0 Å². The largest absolute Gasteiger partial charge is 0.300 e. The molecule has 0 heterocycles. The molecule has 1 aliphatic rings. The molecular formula is C17H33NO. The second-order valence-electron chi connectivity index (χ2n) is 6.89. The minimum absolute atomic E-state index is 0.278. The Balaban J connectivity index is 2.54. The van der Waals surface area contributed by atoms with Crippen molar-refractivity contribution in [1.29, 1.82) is 0 Å². The van der Waals surface area contributed by atoms with E-state index in [0.29, 0.717) is 23.7 Å². The third kappa shape index (κ3) is 5.25. The molecule has 0 radical (unpaired) electrons. The fourth-order valence-corrected chi connectivity index (χ4v) is 3.35. The van der Waals surface area contributed by atoms with E-state index in [1.165, 1.54) is 25.7 Å². The van der Waals surface area contributed by atoms with Crippen LogP contribution in [0.2, 0.25) is 0 Å². The van der Waals surface area contributed by atoms with E-state index in [2.05, 4.69) is 39.5 Å². The average molecular weight is 267 g/mol. The van der Waals surface area contributed by atoms with Crippen LogP contribution in [0.1, 0.15) is 66.7 Å². The summed E-state index contributed by atoms with van der Waals surface area (Å²) in [6, 6.07) is 0.552. The average Bonchev–Trinajstić information content (AvgIpc) is 2.30. The van der Waals surface area contributed by atoms with E-state index in [1.54, 1.807) is 0 Å². The Labute approximate surface area is 119 Å². The summed E-state index contributed by atoms with van der Waals surface area (Å²) in [6.45, 7) is 13.4. The molecule has 0 aliphatic heterocycles. The zero-order chi connectivity index (χ0) is 14.4. The van der Waals surface area contributed by atoms with Crippen LogP contribution >= 0.6 is 0 Å². The minimum atomic E-state index is 0.278. The van der Waals surface area contributed by atoms with Gasteiger partial charge in [0.15, 0.2) is 0 Å². The first-order valence-electron chi connectivity index (χ1n) is 8.22. The molecule has 1 saturated carbocycles. The first-order valence-corrected chi connectivity index (χ1v) is 8.22. The van der Waals surface area contributed by atoms with Gasteiger partial charge in [0.2, 0.25) is 0 Å². The highest BCUT2D eigenvalue weighted by atomic mass is 16.1. The van der Waals surface area contributed by atoms with Gasteiger partial charge in [-0.25, -0.2) is 0 Å². The van der Waals surface area contributed by atoms with E-state index < -0.39 is 0 Å². The molecule has 3 atom stereocenters. The van der Waals surface area contributed by atoms with Gasteiger partial charge in [-0.15, -0.1) is 0 Å². The number of rotatable bonds is 7. The zero-order valence-electron chi connectivity index (χ0n) is 13.6. The molecule has 0 aromatic rings. The van der Waals surface area contributed by atoms with Crippen molar-refractivity contribution in [3.05, 3.63) is 0 Å². The van der Waals surface area contributed by atoms with Crippen LogP contribution in [0.15, 0.2) is 0 Å². The molecule has 112 valence electrons. The van der Waals surface area contributed by atoms with Crippen molar-refractivity contribution in [1.82, 2.24) is 4.90 Å². The summed E-state index contributed by atoms with van der Waals surface area (Å²) in [6.07, 6.45) is 5.85. The lowest BCUT2D eigenvalue weighted by Gasteiger charge is -2.36. The van der Waals surface area contributed by atoms with Gasteiger partial charge >= 0.3 is 0 Å². The number of unbranched alkanes of at least 4 members (excludes halogenated alkanes) is 2. The Hall–Kier alpha value is -0.370. The third-order valence-corrected chi connectivity index (χ3v) is 4.63. The van der Waals surface area contributed by atoms with Crippen molar-refractivity contribution in [3.63, 3.8) is 0 Å². The number of ketones is 1. The summed E-state index contributed by atoms with van der Waals surface area (Å²) in [5.74, 6) is 1.93. The summed E-state index contributed by atoms with van der Waals surface area (Å²) in [5.41, 5.74) is 0. The summed E-state index contributed by atoms with van der Waals surface area (Å²) in [7, 11) is 0. The number of hydrogen-bond donors (Lipinski definition) is 0. The summed E-state index contributed by atoms with van der Waals surface area (Å²) < 4.78 is 0. The standard InChI is InChI=1S/C17H33NO/c1-6-7-8-9-18(13(2)3)12-16-15(5)10-14(4)11-17(16)19/h13-16H,6-12H2,1-5H3. The molecule has 0 aromatic heterocycles. The monoisotopic (exact) mass is 267 g/mol. The van der Waals surface area contributed by atoms with Crippen LogP contribution in [0, 0.1) is 17.8 Å². The van der Waals surface area contributed by atoms with Gasteiger partial charge in [-0.1, -0.05) is 33.6 Å². The van der Waals surface area contributed by atoms with Gasteiger partial charge in [0, 0.05) is 24.9 Å². The Morgan fingerprint density at radius 2 is 1.95 bits per heavy atom. The molecule has 1 rings (SSSR count). The molecule has 1 fully saturated rings. The molecule has 0 amide bonds. The number of carbonyl (C=O) groups excluding carboxylic acids is 1. The van der Waals surface area contributed by atoms with E-state index in [-0.39, 0.29) is 5.92 Å². The lowest BCUT2D eigenvalue weighted by molar-refractivity contribution is -0.128. The number of carbonyl (C=O) groups is 1. The van der Waals surface area contributed by atoms with Crippen molar-refractivity contribution in [2.24, 2.45) is 17.8 Å². The molecule has 1 aliphatic carbocycles. The topological polar surface area (TPSA) is 20.3 Å². The molecule has 0 bridgehead atoms. The molecule has 2 nitrogen and oxygen atoms in total. The molecule has 0 saturated heterocycles. The lowest BCUT2D eigenvalue weighted by atomic mass is 9.74. The van der Waals surface area contributed by atoms with E-state index >= 15 is 0 Å². The van der Waals surface area contributed by atoms with Gasteiger partial charge in [-0.2, -0.15) is 0 Å². The smallest absolute Gasteiger partial charge is 0.137 e. The van der Waals surface area contributed by atoms with Crippen LogP contribution in [0.5, 0.6) is 0 Å². The quantitative estimate of drug-likeness (QED) is 0.646. The lowest BCUT2D eigenvalue weighted by Crippen LogP contribution is -2.43. The van der Waals surface area contributed by atoms with E-state index in [1.807, 2.05) is 0 Å². The van der Waals surface area contributed by atoms with Gasteiger partial charge in [-0.3, -0.25) is 4.79 Å². The van der Waals surface area contributed by atoms with Crippen molar-refractivity contribution in [3.8, 4) is 0 Å². The predicted molar refractivity (Wildman–Crippen MR) is 82.3 cm³/mol. The van der Waals surface area contributed by atoms with E-state index in [4.69, 9.17) is 0 Å². The molecular weight excluding hydrogens is 234 g/mol. The predicted octanol–water partition coefficient (Wildman–Crippen LogP) is 4.14. The molecule has 0 aromatic carbocycles. The minimum Gasteiger partial charge on any atom is -0.300 e. The van der Waals surface area contributed by atoms with Gasteiger partial charge in [-0.05, 0) is 45.1 Å². The fourth-order valence-electron chi connectivity index (χ4n) is 3.35. The highest BCUT2D eigenvalue weighted by molar-refractivity contribution is 5.82. The van der Waals surface area contributed by atoms with Gasteiger partial charge in [0.1, 0.15) is 5.78 Å². The van der Waals surface area contributed by atoms with Gasteiger partial charge < -0.3 is 4.90 Å². The van der Waals surface area contributed by atoms with Crippen LogP contribution in [0.25, 0.3) is 0 Å². The first kappa shape index (κ1) is 16.7. The Morgan fingerprint density at radius 3 is 2.47 bits per heavy atom. The number of Topliss-reactive ketones (excluding diaryl/α,β-unsaturated/α-hetero) is 1. The van der Waals surface area contributed by atoms with Crippen molar-refractivity contribution in [2.45, 2.75) is 72.8 Å². The van der Waals surface area contributed by atoms with E-state index in [9.17, 15) is 4.79 Å². The molecule has 0 N–H and O–H groups in total. The highest BCUT2D eigenvalue weighted by Gasteiger charge is 2.33. The van der Waals surface area contributed by atoms with Crippen molar-refractivity contribution >= 4 is 5.78 Å². The van der Waals surface area contributed by atoms with Crippen molar-refractivity contribution in [2.75, 3.05) is 13.1 Å².